The molecule has 32 heavy (non-hydrogen) atoms. The van der Waals surface area contributed by atoms with Gasteiger partial charge in [-0.1, -0.05) is 24.3 Å². The van der Waals surface area contributed by atoms with Gasteiger partial charge in [0.25, 0.3) is 5.91 Å². The molecule has 0 saturated carbocycles. The van der Waals surface area contributed by atoms with Gasteiger partial charge in [-0.3, -0.25) is 14.6 Å². The summed E-state index contributed by atoms with van der Waals surface area (Å²) in [4.78, 5) is 31.3. The highest BCUT2D eigenvalue weighted by atomic mass is 19.1. The average molecular weight is 438 g/mol. The van der Waals surface area contributed by atoms with Crippen LogP contribution in [0.1, 0.15) is 35.2 Å². The zero-order chi connectivity index (χ0) is 22.1. The smallest absolute Gasteiger partial charge is 0.415 e. The number of halogens is 1. The number of hydrogen-bond acceptors (Lipinski definition) is 4. The molecule has 4 heterocycles. The second kappa shape index (κ2) is 8.90. The summed E-state index contributed by atoms with van der Waals surface area (Å²) in [6.07, 6.45) is 2.36. The molecule has 0 radical (unpaired) electrons. The SMILES string of the molecule is O=C(c1cccc(CN(C(=O)O[C@H]2CN3CCC2CC3)c2ccccc2F)c1)N1CCC1. The predicted molar refractivity (Wildman–Crippen MR) is 119 cm³/mol. The summed E-state index contributed by atoms with van der Waals surface area (Å²) in [7, 11) is 0. The normalized spacial score (nSPS) is 24.0. The molecule has 7 heteroatoms. The lowest BCUT2D eigenvalue weighted by Gasteiger charge is -2.44. The minimum Gasteiger partial charge on any atom is -0.444 e. The fourth-order valence-corrected chi connectivity index (χ4v) is 4.84. The lowest BCUT2D eigenvalue weighted by Crippen LogP contribution is -2.53. The summed E-state index contributed by atoms with van der Waals surface area (Å²) in [5, 5.41) is 0. The third-order valence-corrected chi connectivity index (χ3v) is 6.87. The Balaban J connectivity index is 1.37. The van der Waals surface area contributed by atoms with Crippen molar-refractivity contribution in [2.45, 2.75) is 31.9 Å². The molecule has 4 saturated heterocycles. The maximum Gasteiger partial charge on any atom is 0.415 e. The van der Waals surface area contributed by atoms with E-state index in [1.54, 1.807) is 41.3 Å². The summed E-state index contributed by atoms with van der Waals surface area (Å²) in [6, 6.07) is 13.5. The zero-order valence-electron chi connectivity index (χ0n) is 18.1. The van der Waals surface area contributed by atoms with E-state index in [9.17, 15) is 14.0 Å². The molecule has 0 aromatic heterocycles. The molecule has 0 unspecified atom stereocenters. The number of hydrogen-bond donors (Lipinski definition) is 0. The van der Waals surface area contributed by atoms with Gasteiger partial charge in [0.05, 0.1) is 12.2 Å². The number of anilines is 1. The van der Waals surface area contributed by atoms with Crippen LogP contribution in [0.5, 0.6) is 0 Å². The lowest BCUT2D eigenvalue weighted by molar-refractivity contribution is -0.0311. The van der Waals surface area contributed by atoms with E-state index < -0.39 is 11.9 Å². The number of piperidine rings is 3. The number of carbonyl (C=O) groups is 2. The molecule has 6 nitrogen and oxygen atoms in total. The molecule has 2 amide bonds. The number of carbonyl (C=O) groups excluding carboxylic acids is 2. The Morgan fingerprint density at radius 3 is 2.47 bits per heavy atom. The van der Waals surface area contributed by atoms with Crippen LogP contribution in [0, 0.1) is 11.7 Å². The van der Waals surface area contributed by atoms with Crippen LogP contribution in [-0.2, 0) is 11.3 Å². The van der Waals surface area contributed by atoms with Gasteiger partial charge in [0.1, 0.15) is 11.9 Å². The van der Waals surface area contributed by atoms with Crippen molar-refractivity contribution in [3.05, 3.63) is 65.5 Å². The highest BCUT2D eigenvalue weighted by Gasteiger charge is 2.37. The van der Waals surface area contributed by atoms with Crippen LogP contribution >= 0.6 is 0 Å². The van der Waals surface area contributed by atoms with Crippen molar-refractivity contribution in [1.82, 2.24) is 9.80 Å². The second-order valence-corrected chi connectivity index (χ2v) is 8.94. The number of benzene rings is 2. The first kappa shape index (κ1) is 20.9. The van der Waals surface area contributed by atoms with Crippen molar-refractivity contribution in [1.29, 1.82) is 0 Å². The van der Waals surface area contributed by atoms with Crippen molar-refractivity contribution in [2.24, 2.45) is 5.92 Å². The van der Waals surface area contributed by atoms with Crippen molar-refractivity contribution < 1.29 is 18.7 Å². The first-order valence-electron chi connectivity index (χ1n) is 11.4. The van der Waals surface area contributed by atoms with E-state index in [-0.39, 0.29) is 24.2 Å². The summed E-state index contributed by atoms with van der Waals surface area (Å²) >= 11 is 0. The van der Waals surface area contributed by atoms with E-state index in [1.807, 2.05) is 6.07 Å². The second-order valence-electron chi connectivity index (χ2n) is 8.94. The lowest BCUT2D eigenvalue weighted by atomic mass is 9.86. The van der Waals surface area contributed by atoms with Crippen molar-refractivity contribution in [3.8, 4) is 0 Å². The highest BCUT2D eigenvalue weighted by Crippen LogP contribution is 2.31. The maximum absolute atomic E-state index is 14.7. The number of fused-ring (bicyclic) bond motifs is 3. The number of nitrogens with zero attached hydrogens (tertiary/aromatic N) is 3. The van der Waals surface area contributed by atoms with Gasteiger partial charge in [-0.25, -0.2) is 9.18 Å². The monoisotopic (exact) mass is 437 g/mol. The third-order valence-electron chi connectivity index (χ3n) is 6.87. The Labute approximate surface area is 187 Å². The van der Waals surface area contributed by atoms with Crippen molar-refractivity contribution >= 4 is 17.7 Å². The van der Waals surface area contributed by atoms with E-state index in [0.717, 1.165) is 57.5 Å². The minimum atomic E-state index is -0.548. The molecule has 4 fully saturated rings. The predicted octanol–water partition coefficient (Wildman–Crippen LogP) is 3.91. The van der Waals surface area contributed by atoms with E-state index in [2.05, 4.69) is 4.90 Å². The van der Waals surface area contributed by atoms with Gasteiger partial charge in [0.2, 0.25) is 0 Å². The molecular formula is C25H28FN3O3. The average Bonchev–Trinajstić information content (AvgIpc) is 2.78. The van der Waals surface area contributed by atoms with Crippen LogP contribution in [0.15, 0.2) is 48.5 Å². The van der Waals surface area contributed by atoms with Crippen molar-refractivity contribution in [3.63, 3.8) is 0 Å². The summed E-state index contributed by atoms with van der Waals surface area (Å²) in [5.41, 5.74) is 1.52. The topological polar surface area (TPSA) is 53.1 Å². The van der Waals surface area contributed by atoms with Crippen LogP contribution < -0.4 is 4.90 Å². The summed E-state index contributed by atoms with van der Waals surface area (Å²) in [6.45, 7) is 4.51. The molecule has 2 aromatic carbocycles. The molecule has 168 valence electrons. The van der Waals surface area contributed by atoms with Gasteiger partial charge >= 0.3 is 6.09 Å². The number of para-hydroxylation sites is 1. The molecule has 4 aliphatic rings. The number of likely N-dealkylation sites (tertiary alicyclic amines) is 1. The third kappa shape index (κ3) is 4.21. The maximum atomic E-state index is 14.7. The first-order chi connectivity index (χ1) is 15.6. The Morgan fingerprint density at radius 2 is 1.81 bits per heavy atom. The van der Waals surface area contributed by atoms with Gasteiger partial charge in [-0.2, -0.15) is 0 Å². The quantitative estimate of drug-likeness (QED) is 0.712. The standard InChI is InChI=1S/C25H28FN3O3/c26-21-7-1-2-8-22(21)29(25(31)32-23-17-27-13-9-19(23)10-14-27)16-18-5-3-6-20(15-18)24(30)28-11-4-12-28/h1-3,5-8,15,19,23H,4,9-14,16-17H2/t23-/m0/s1. The van der Waals surface area contributed by atoms with E-state index >= 15 is 0 Å². The molecule has 2 bridgehead atoms. The molecular weight excluding hydrogens is 409 g/mol. The van der Waals surface area contributed by atoms with Gasteiger partial charge < -0.3 is 9.64 Å². The fraction of sp³-hybridized carbons (Fsp3) is 0.440. The molecule has 6 rings (SSSR count). The first-order valence-corrected chi connectivity index (χ1v) is 11.4. The van der Waals surface area contributed by atoms with Gasteiger partial charge in [0.15, 0.2) is 0 Å². The van der Waals surface area contributed by atoms with Crippen LogP contribution in [0.25, 0.3) is 0 Å². The molecule has 0 N–H and O–H groups in total. The molecule has 0 aliphatic carbocycles. The fourth-order valence-electron chi connectivity index (χ4n) is 4.84. The van der Waals surface area contributed by atoms with Gasteiger partial charge in [0, 0.05) is 25.2 Å². The van der Waals surface area contributed by atoms with Crippen molar-refractivity contribution in [2.75, 3.05) is 37.6 Å². The summed E-state index contributed by atoms with van der Waals surface area (Å²) in [5.74, 6) is -0.125. The largest absolute Gasteiger partial charge is 0.444 e. The molecule has 1 atom stereocenters. The Hall–Kier alpha value is -2.93. The van der Waals surface area contributed by atoms with Crippen LogP contribution in [0.2, 0.25) is 0 Å². The molecule has 4 aliphatic heterocycles. The van der Waals surface area contributed by atoms with Crippen LogP contribution in [0.4, 0.5) is 14.9 Å². The Morgan fingerprint density at radius 1 is 1.03 bits per heavy atom. The van der Waals surface area contributed by atoms with Gasteiger partial charge in [-0.05, 0) is 68.1 Å². The minimum absolute atomic E-state index is 0.00889. The van der Waals surface area contributed by atoms with Crippen LogP contribution in [-0.4, -0.2) is 60.6 Å². The molecule has 2 aromatic rings. The Bertz CT molecular complexity index is 1000. The van der Waals surface area contributed by atoms with E-state index in [0.29, 0.717) is 11.5 Å². The van der Waals surface area contributed by atoms with Gasteiger partial charge in [-0.15, -0.1) is 0 Å². The van der Waals surface area contributed by atoms with Crippen LogP contribution in [0.3, 0.4) is 0 Å². The van der Waals surface area contributed by atoms with E-state index in [4.69, 9.17) is 4.74 Å². The zero-order valence-corrected chi connectivity index (χ0v) is 18.1. The molecule has 0 spiro atoms. The summed E-state index contributed by atoms with van der Waals surface area (Å²) < 4.78 is 20.6. The Kier molecular flexibility index (Phi) is 5.83. The van der Waals surface area contributed by atoms with E-state index in [1.165, 1.54) is 11.0 Å². The highest BCUT2D eigenvalue weighted by molar-refractivity contribution is 5.95. The number of ether oxygens (including phenoxy) is 1. The number of amides is 2. The number of rotatable bonds is 5.